The zero-order valence-corrected chi connectivity index (χ0v) is 16.0. The summed E-state index contributed by atoms with van der Waals surface area (Å²) in [6.45, 7) is 0. The van der Waals surface area contributed by atoms with Gasteiger partial charge in [-0.1, -0.05) is 18.2 Å². The van der Waals surface area contributed by atoms with Crippen molar-refractivity contribution in [3.05, 3.63) is 82.9 Å². The summed E-state index contributed by atoms with van der Waals surface area (Å²) in [5, 5.41) is 4.29. The third-order valence-corrected chi connectivity index (χ3v) is 4.44. The zero-order valence-electron chi connectivity index (χ0n) is 16.0. The molecule has 2 aromatic rings. The largest absolute Gasteiger partial charge is 0.573 e. The number of halogens is 3. The standard InChI is InChI=1S/C21H14F3N3O4/c1-30-20(29)17-12-26(13-7-9-15(10-8-13)31-21(22,23)24)11-16-18(17)25-27(19(16)28)14-5-3-2-4-6-14/h2-12H,1H3. The molecule has 0 aromatic heterocycles. The van der Waals surface area contributed by atoms with Gasteiger partial charge in [0.15, 0.2) is 0 Å². The van der Waals surface area contributed by atoms with Gasteiger partial charge in [-0.2, -0.15) is 9.78 Å². The Morgan fingerprint density at radius 3 is 2.26 bits per heavy atom. The van der Waals surface area contributed by atoms with E-state index in [9.17, 15) is 22.8 Å². The molecule has 0 unspecified atom stereocenters. The molecule has 0 saturated heterocycles. The van der Waals surface area contributed by atoms with Crippen LogP contribution >= 0.6 is 0 Å². The Morgan fingerprint density at radius 2 is 1.65 bits per heavy atom. The highest BCUT2D eigenvalue weighted by atomic mass is 19.4. The number of carbonyl (C=O) groups excluding carboxylic acids is 1. The normalized spacial score (nSPS) is 11.5. The van der Waals surface area contributed by atoms with Gasteiger partial charge in [-0.3, -0.25) is 4.79 Å². The second-order valence-electron chi connectivity index (χ2n) is 6.43. The van der Waals surface area contributed by atoms with Gasteiger partial charge in [0.05, 0.1) is 18.4 Å². The number of esters is 1. The maximum atomic E-state index is 13.0. The van der Waals surface area contributed by atoms with Crippen molar-refractivity contribution in [2.75, 3.05) is 7.11 Å². The van der Waals surface area contributed by atoms with Crippen molar-refractivity contribution in [2.45, 2.75) is 6.36 Å². The number of rotatable bonds is 4. The van der Waals surface area contributed by atoms with Crippen LogP contribution in [-0.2, 0) is 4.74 Å². The molecule has 2 aliphatic rings. The molecule has 0 bridgehead atoms. The van der Waals surface area contributed by atoms with Crippen molar-refractivity contribution in [1.82, 2.24) is 14.3 Å². The van der Waals surface area contributed by atoms with Crippen molar-refractivity contribution in [1.29, 1.82) is 0 Å². The van der Waals surface area contributed by atoms with Crippen molar-refractivity contribution in [3.63, 3.8) is 0 Å². The van der Waals surface area contributed by atoms with E-state index in [1.54, 1.807) is 30.3 Å². The van der Waals surface area contributed by atoms with Crippen molar-refractivity contribution in [2.24, 2.45) is 0 Å². The summed E-state index contributed by atoms with van der Waals surface area (Å²) in [6.07, 6.45) is -1.96. The first-order valence-electron chi connectivity index (χ1n) is 8.92. The predicted octanol–water partition coefficient (Wildman–Crippen LogP) is 3.81. The molecule has 0 radical (unpaired) electrons. The molecule has 2 aromatic carbocycles. The van der Waals surface area contributed by atoms with E-state index in [2.05, 4.69) is 9.84 Å². The number of hydrogen-bond acceptors (Lipinski definition) is 5. The molecule has 0 saturated carbocycles. The highest BCUT2D eigenvalue weighted by molar-refractivity contribution is 5.96. The summed E-state index contributed by atoms with van der Waals surface area (Å²) in [6, 6.07) is 13.6. The van der Waals surface area contributed by atoms with E-state index >= 15 is 0 Å². The molecule has 0 amide bonds. The van der Waals surface area contributed by atoms with Gasteiger partial charge in [0.1, 0.15) is 17.0 Å². The lowest BCUT2D eigenvalue weighted by molar-refractivity contribution is -0.274. The molecule has 0 spiro atoms. The second kappa shape index (κ2) is 7.63. The monoisotopic (exact) mass is 429 g/mol. The van der Waals surface area contributed by atoms with Crippen LogP contribution in [0.25, 0.3) is 22.6 Å². The number of alkyl halides is 3. The molecule has 7 nitrogen and oxygen atoms in total. The summed E-state index contributed by atoms with van der Waals surface area (Å²) in [5.41, 5.74) is 0.768. The van der Waals surface area contributed by atoms with Gasteiger partial charge in [0, 0.05) is 18.1 Å². The highest BCUT2D eigenvalue weighted by Crippen LogP contribution is 2.27. The number of pyridine rings is 1. The summed E-state index contributed by atoms with van der Waals surface area (Å²) in [7, 11) is 1.20. The number of hydrogen-bond donors (Lipinski definition) is 0. The Morgan fingerprint density at radius 1 is 0.968 bits per heavy atom. The molecular weight excluding hydrogens is 415 g/mol. The Labute approximate surface area is 173 Å². The molecule has 4 rings (SSSR count). The maximum Gasteiger partial charge on any atom is 0.573 e. The average Bonchev–Trinajstić information content (AvgIpc) is 3.09. The minimum Gasteiger partial charge on any atom is -0.465 e. The van der Waals surface area contributed by atoms with Crippen LogP contribution < -0.4 is 10.3 Å². The summed E-state index contributed by atoms with van der Waals surface area (Å²) in [5.74, 6) is -1.11. The summed E-state index contributed by atoms with van der Waals surface area (Å²) in [4.78, 5) is 25.3. The van der Waals surface area contributed by atoms with Crippen molar-refractivity contribution >= 4 is 5.97 Å². The van der Waals surface area contributed by atoms with Crippen LogP contribution in [0.15, 0.2) is 71.8 Å². The number of benzene rings is 2. The van der Waals surface area contributed by atoms with Crippen LogP contribution in [0.3, 0.4) is 0 Å². The lowest BCUT2D eigenvalue weighted by Crippen LogP contribution is -2.17. The first-order valence-corrected chi connectivity index (χ1v) is 8.92. The SMILES string of the molecule is COC(=O)c1cn(-c2ccc(OC(F)(F)F)cc2)cc2c(=O)n(-c3ccccc3)nc1-2. The van der Waals surface area contributed by atoms with Crippen LogP contribution in [0.1, 0.15) is 10.4 Å². The number of aromatic nitrogens is 3. The fraction of sp³-hybridized carbons (Fsp3) is 0.0952. The van der Waals surface area contributed by atoms with E-state index in [-0.39, 0.29) is 16.8 Å². The molecule has 0 fully saturated rings. The van der Waals surface area contributed by atoms with Gasteiger partial charge in [0.2, 0.25) is 0 Å². The van der Waals surface area contributed by atoms with Gasteiger partial charge < -0.3 is 14.0 Å². The number of nitrogens with zero attached hydrogens (tertiary/aromatic N) is 3. The van der Waals surface area contributed by atoms with E-state index in [1.807, 2.05) is 0 Å². The molecule has 0 atom stereocenters. The lowest BCUT2D eigenvalue weighted by atomic mass is 10.1. The molecule has 2 heterocycles. The van der Waals surface area contributed by atoms with Gasteiger partial charge in [-0.15, -0.1) is 13.2 Å². The maximum absolute atomic E-state index is 13.0. The van der Waals surface area contributed by atoms with Crippen LogP contribution in [0.2, 0.25) is 0 Å². The summed E-state index contributed by atoms with van der Waals surface area (Å²) < 4.78 is 48.4. The fourth-order valence-corrected chi connectivity index (χ4v) is 3.08. The number of carbonyl (C=O) groups is 1. The highest BCUT2D eigenvalue weighted by Gasteiger charge is 2.31. The summed E-state index contributed by atoms with van der Waals surface area (Å²) >= 11 is 0. The molecule has 2 aliphatic heterocycles. The molecule has 0 N–H and O–H groups in total. The average molecular weight is 429 g/mol. The quantitative estimate of drug-likeness (QED) is 0.461. The number of methoxy groups -OCH3 is 1. The minimum absolute atomic E-state index is 0.0300. The zero-order chi connectivity index (χ0) is 22.2. The van der Waals surface area contributed by atoms with Crippen LogP contribution in [0, 0.1) is 0 Å². The van der Waals surface area contributed by atoms with Gasteiger partial charge in [-0.25, -0.2) is 4.79 Å². The van der Waals surface area contributed by atoms with Crippen molar-refractivity contribution < 1.29 is 27.4 Å². The van der Waals surface area contributed by atoms with Crippen molar-refractivity contribution in [3.8, 4) is 28.4 Å². The van der Waals surface area contributed by atoms with E-state index in [0.29, 0.717) is 11.4 Å². The van der Waals surface area contributed by atoms with Gasteiger partial charge in [-0.05, 0) is 36.4 Å². The van der Waals surface area contributed by atoms with Crippen LogP contribution in [0.4, 0.5) is 13.2 Å². The third-order valence-electron chi connectivity index (χ3n) is 4.44. The van der Waals surface area contributed by atoms with Gasteiger partial charge >= 0.3 is 12.3 Å². The van der Waals surface area contributed by atoms with E-state index in [1.165, 1.54) is 40.9 Å². The Bertz CT molecular complexity index is 1260. The molecular formula is C21H14F3N3O4. The third kappa shape index (κ3) is 4.00. The lowest BCUT2D eigenvalue weighted by Gasteiger charge is -2.13. The van der Waals surface area contributed by atoms with Crippen LogP contribution in [0.5, 0.6) is 5.75 Å². The minimum atomic E-state index is -4.81. The van der Waals surface area contributed by atoms with Crippen LogP contribution in [-0.4, -0.2) is 33.8 Å². The number of ether oxygens (including phenoxy) is 2. The van der Waals surface area contributed by atoms with E-state index in [4.69, 9.17) is 4.74 Å². The second-order valence-corrected chi connectivity index (χ2v) is 6.43. The number of fused-ring (bicyclic) bond motifs is 1. The fourth-order valence-electron chi connectivity index (χ4n) is 3.08. The molecule has 31 heavy (non-hydrogen) atoms. The molecule has 0 aliphatic carbocycles. The predicted molar refractivity (Wildman–Crippen MR) is 104 cm³/mol. The topological polar surface area (TPSA) is 75.3 Å². The molecule has 158 valence electrons. The first kappa shape index (κ1) is 20.2. The van der Waals surface area contributed by atoms with E-state index in [0.717, 1.165) is 12.1 Å². The number of para-hydroxylation sites is 1. The smallest absolute Gasteiger partial charge is 0.465 e. The van der Waals surface area contributed by atoms with Gasteiger partial charge in [0.25, 0.3) is 5.56 Å². The Hall–Kier alpha value is -4.08. The Balaban J connectivity index is 1.85. The first-order chi connectivity index (χ1) is 14.8. The molecule has 10 heteroatoms. The Kier molecular flexibility index (Phi) is 4.97. The van der Waals surface area contributed by atoms with E-state index < -0.39 is 23.6 Å².